The van der Waals surface area contributed by atoms with Gasteiger partial charge in [0.2, 0.25) is 0 Å². The Bertz CT molecular complexity index is 479. The van der Waals surface area contributed by atoms with Crippen LogP contribution in [0.15, 0.2) is 28.1 Å². The number of aromatic nitrogens is 2. The number of anilines is 1. The molecular weight excluding hydrogens is 282 g/mol. The Morgan fingerprint density at radius 2 is 2.47 bits per heavy atom. The third kappa shape index (κ3) is 2.77. The second kappa shape index (κ2) is 5.04. The summed E-state index contributed by atoms with van der Waals surface area (Å²) in [6.45, 7) is 6.16. The first-order valence-corrected chi connectivity index (χ1v) is 6.56. The molecule has 1 aromatic heterocycles. The molecule has 4 nitrogen and oxygen atoms in total. The minimum absolute atomic E-state index is 0.127. The minimum Gasteiger partial charge on any atom is -0.380 e. The van der Waals surface area contributed by atoms with E-state index in [1.165, 1.54) is 17.5 Å². The van der Waals surface area contributed by atoms with E-state index in [9.17, 15) is 4.79 Å². The van der Waals surface area contributed by atoms with Crippen LogP contribution in [0, 0.1) is 5.92 Å². The predicted molar refractivity (Wildman–Crippen MR) is 72.2 cm³/mol. The van der Waals surface area contributed by atoms with Gasteiger partial charge in [0.1, 0.15) is 4.47 Å². The number of halogens is 1. The van der Waals surface area contributed by atoms with Crippen molar-refractivity contribution in [3.05, 3.63) is 33.7 Å². The average Bonchev–Trinajstić information content (AvgIpc) is 3.12. The average molecular weight is 298 g/mol. The van der Waals surface area contributed by atoms with Crippen LogP contribution < -0.4 is 10.9 Å². The van der Waals surface area contributed by atoms with E-state index in [1.807, 2.05) is 0 Å². The van der Waals surface area contributed by atoms with Crippen LogP contribution in [0.4, 0.5) is 5.69 Å². The van der Waals surface area contributed by atoms with Crippen LogP contribution in [0.5, 0.6) is 0 Å². The third-order valence-corrected chi connectivity index (χ3v) is 3.77. The van der Waals surface area contributed by atoms with E-state index in [2.05, 4.69) is 39.8 Å². The van der Waals surface area contributed by atoms with Gasteiger partial charge in [0.05, 0.1) is 18.4 Å². The van der Waals surface area contributed by atoms with Crippen molar-refractivity contribution in [3.8, 4) is 0 Å². The number of nitrogens with zero attached hydrogens (tertiary/aromatic N) is 2. The Kier molecular flexibility index (Phi) is 3.66. The van der Waals surface area contributed by atoms with Gasteiger partial charge in [0.15, 0.2) is 0 Å². The maximum Gasteiger partial charge on any atom is 0.283 e. The van der Waals surface area contributed by atoms with Gasteiger partial charge in [0, 0.05) is 6.04 Å². The molecular formula is C12H16BrN3O. The fraction of sp³-hybridized carbons (Fsp3) is 0.500. The fourth-order valence-corrected chi connectivity index (χ4v) is 2.20. The predicted octanol–water partition coefficient (Wildman–Crippen LogP) is 2.40. The van der Waals surface area contributed by atoms with Crippen molar-refractivity contribution in [2.45, 2.75) is 32.4 Å². The molecule has 0 amide bonds. The first kappa shape index (κ1) is 12.4. The number of hydrogen-bond donors (Lipinski definition) is 1. The molecule has 1 aliphatic carbocycles. The largest absolute Gasteiger partial charge is 0.380 e. The first-order valence-electron chi connectivity index (χ1n) is 5.76. The molecule has 1 N–H and O–H groups in total. The zero-order valence-corrected chi connectivity index (χ0v) is 11.4. The van der Waals surface area contributed by atoms with Crippen LogP contribution in [0.1, 0.15) is 19.8 Å². The standard InChI is InChI=1S/C12H16BrN3O/c1-3-6-16-12(17)11(13)10(7-14-16)15-8(2)9-4-5-9/h3,7-9,15H,1,4-6H2,2H3. The number of nitrogens with one attached hydrogen (secondary N) is 1. The molecule has 1 aliphatic rings. The van der Waals surface area contributed by atoms with Crippen molar-refractivity contribution in [1.29, 1.82) is 0 Å². The van der Waals surface area contributed by atoms with Crippen molar-refractivity contribution in [2.24, 2.45) is 5.92 Å². The molecule has 5 heteroatoms. The van der Waals surface area contributed by atoms with Gasteiger partial charge in [0.25, 0.3) is 5.56 Å². The Balaban J connectivity index is 2.20. The summed E-state index contributed by atoms with van der Waals surface area (Å²) in [6.07, 6.45) is 5.88. The van der Waals surface area contributed by atoms with Crippen molar-refractivity contribution < 1.29 is 0 Å². The maximum absolute atomic E-state index is 11.9. The molecule has 1 unspecified atom stereocenters. The number of allylic oxidation sites excluding steroid dienone is 1. The summed E-state index contributed by atoms with van der Waals surface area (Å²) in [4.78, 5) is 11.9. The summed E-state index contributed by atoms with van der Waals surface area (Å²) in [5.74, 6) is 0.734. The zero-order valence-electron chi connectivity index (χ0n) is 9.82. The van der Waals surface area contributed by atoms with Crippen LogP contribution >= 0.6 is 15.9 Å². The van der Waals surface area contributed by atoms with Gasteiger partial charge >= 0.3 is 0 Å². The normalized spacial score (nSPS) is 16.6. The van der Waals surface area contributed by atoms with Crippen molar-refractivity contribution in [1.82, 2.24) is 9.78 Å². The summed E-state index contributed by atoms with van der Waals surface area (Å²) < 4.78 is 1.92. The second-order valence-corrected chi connectivity index (χ2v) is 5.21. The summed E-state index contributed by atoms with van der Waals surface area (Å²) >= 11 is 3.33. The molecule has 1 aromatic rings. The number of rotatable bonds is 5. The molecule has 1 atom stereocenters. The van der Waals surface area contributed by atoms with Gasteiger partial charge in [-0.15, -0.1) is 6.58 Å². The first-order chi connectivity index (χ1) is 8.13. The van der Waals surface area contributed by atoms with E-state index in [4.69, 9.17) is 0 Å². The van der Waals surface area contributed by atoms with Crippen molar-refractivity contribution in [3.63, 3.8) is 0 Å². The molecule has 1 saturated carbocycles. The quantitative estimate of drug-likeness (QED) is 0.849. The fourth-order valence-electron chi connectivity index (χ4n) is 1.78. The Labute approximate surface area is 109 Å². The molecule has 0 bridgehead atoms. The summed E-state index contributed by atoms with van der Waals surface area (Å²) in [7, 11) is 0. The van der Waals surface area contributed by atoms with Crippen LogP contribution in [0.3, 0.4) is 0 Å². The van der Waals surface area contributed by atoms with E-state index in [0.717, 1.165) is 11.6 Å². The highest BCUT2D eigenvalue weighted by molar-refractivity contribution is 9.10. The highest BCUT2D eigenvalue weighted by Gasteiger charge is 2.28. The van der Waals surface area contributed by atoms with Crippen molar-refractivity contribution in [2.75, 3.05) is 5.32 Å². The molecule has 1 fully saturated rings. The summed E-state index contributed by atoms with van der Waals surface area (Å²) in [5.41, 5.74) is 0.646. The van der Waals surface area contributed by atoms with Crippen LogP contribution in [0.25, 0.3) is 0 Å². The monoisotopic (exact) mass is 297 g/mol. The Morgan fingerprint density at radius 3 is 3.06 bits per heavy atom. The highest BCUT2D eigenvalue weighted by Crippen LogP contribution is 2.34. The molecule has 0 saturated heterocycles. The van der Waals surface area contributed by atoms with Crippen LogP contribution in [-0.2, 0) is 6.54 Å². The summed E-state index contributed by atoms with van der Waals surface area (Å²) in [5, 5.41) is 7.44. The molecule has 17 heavy (non-hydrogen) atoms. The van der Waals surface area contributed by atoms with E-state index >= 15 is 0 Å². The highest BCUT2D eigenvalue weighted by atomic mass is 79.9. The van der Waals surface area contributed by atoms with Gasteiger partial charge in [-0.05, 0) is 41.6 Å². The topological polar surface area (TPSA) is 46.9 Å². The van der Waals surface area contributed by atoms with Crippen LogP contribution in [-0.4, -0.2) is 15.8 Å². The lowest BCUT2D eigenvalue weighted by molar-refractivity contribution is 0.643. The zero-order chi connectivity index (χ0) is 12.4. The third-order valence-electron chi connectivity index (χ3n) is 3.00. The van der Waals surface area contributed by atoms with Crippen LogP contribution in [0.2, 0.25) is 0 Å². The smallest absolute Gasteiger partial charge is 0.283 e. The molecule has 0 spiro atoms. The lowest BCUT2D eigenvalue weighted by atomic mass is 10.2. The Morgan fingerprint density at radius 1 is 1.76 bits per heavy atom. The van der Waals surface area contributed by atoms with Gasteiger partial charge in [-0.2, -0.15) is 5.10 Å². The minimum atomic E-state index is -0.127. The van der Waals surface area contributed by atoms with Gasteiger partial charge in [-0.1, -0.05) is 6.08 Å². The molecule has 0 aliphatic heterocycles. The van der Waals surface area contributed by atoms with Gasteiger partial charge < -0.3 is 5.32 Å². The molecule has 0 radical (unpaired) electrons. The SMILES string of the molecule is C=CCn1ncc(NC(C)C2CC2)c(Br)c1=O. The van der Waals surface area contributed by atoms with Crippen molar-refractivity contribution >= 4 is 21.6 Å². The van der Waals surface area contributed by atoms with Gasteiger partial charge in [-0.25, -0.2) is 4.68 Å². The molecule has 0 aromatic carbocycles. The van der Waals surface area contributed by atoms with Gasteiger partial charge in [-0.3, -0.25) is 4.79 Å². The van der Waals surface area contributed by atoms with E-state index < -0.39 is 0 Å². The lowest BCUT2D eigenvalue weighted by Crippen LogP contribution is -2.26. The van der Waals surface area contributed by atoms with E-state index in [0.29, 0.717) is 17.1 Å². The maximum atomic E-state index is 11.9. The van der Waals surface area contributed by atoms with E-state index in [1.54, 1.807) is 12.3 Å². The molecule has 92 valence electrons. The lowest BCUT2D eigenvalue weighted by Gasteiger charge is -2.15. The number of hydrogen-bond acceptors (Lipinski definition) is 3. The molecule has 2 rings (SSSR count). The van der Waals surface area contributed by atoms with E-state index in [-0.39, 0.29) is 5.56 Å². The second-order valence-electron chi connectivity index (χ2n) is 4.42. The summed E-state index contributed by atoms with van der Waals surface area (Å²) in [6, 6.07) is 0.391. The Hall–Kier alpha value is -1.10. The molecule has 1 heterocycles.